The predicted molar refractivity (Wildman–Crippen MR) is 302 cm³/mol. The van der Waals surface area contributed by atoms with Crippen LogP contribution in [-0.4, -0.2) is 167 Å². The van der Waals surface area contributed by atoms with Gasteiger partial charge >= 0.3 is 6.09 Å². The molecular formula is C59H97N7O14. The van der Waals surface area contributed by atoms with Gasteiger partial charge in [0.2, 0.25) is 35.4 Å². The molecule has 21 heteroatoms. The molecule has 452 valence electrons. The van der Waals surface area contributed by atoms with Crippen molar-refractivity contribution in [1.82, 2.24) is 37.2 Å². The number of benzene rings is 1. The zero-order valence-corrected chi connectivity index (χ0v) is 50.0. The van der Waals surface area contributed by atoms with Gasteiger partial charge in [-0.05, 0) is 89.5 Å². The minimum atomic E-state index is -1.14. The first-order valence-corrected chi connectivity index (χ1v) is 28.7. The quantitative estimate of drug-likeness (QED) is 0.0271. The Hall–Kier alpha value is -5.19. The van der Waals surface area contributed by atoms with Crippen molar-refractivity contribution < 1.29 is 67.1 Å². The van der Waals surface area contributed by atoms with E-state index in [-0.39, 0.29) is 119 Å². The Morgan fingerprint density at radius 1 is 0.787 bits per heavy atom. The second kappa shape index (κ2) is 31.3. The summed E-state index contributed by atoms with van der Waals surface area (Å²) < 4.78 is 35.3. The summed E-state index contributed by atoms with van der Waals surface area (Å²) >= 11 is 0. The Labute approximate surface area is 475 Å². The maximum absolute atomic E-state index is 14.0. The largest absolute Gasteiger partial charge is 0.443 e. The van der Waals surface area contributed by atoms with Crippen LogP contribution in [0.3, 0.4) is 0 Å². The van der Waals surface area contributed by atoms with Crippen LogP contribution in [-0.2, 0) is 63.6 Å². The zero-order valence-electron chi connectivity index (χ0n) is 50.0. The van der Waals surface area contributed by atoms with E-state index in [0.717, 1.165) is 18.4 Å². The van der Waals surface area contributed by atoms with Crippen molar-refractivity contribution in [2.24, 2.45) is 34.5 Å². The lowest BCUT2D eigenvalue weighted by atomic mass is 9.64. The highest BCUT2D eigenvalue weighted by Crippen LogP contribution is 2.59. The van der Waals surface area contributed by atoms with Crippen LogP contribution in [0.5, 0.6) is 0 Å². The Morgan fingerprint density at radius 3 is 2.00 bits per heavy atom. The molecule has 0 bridgehead atoms. The fraction of sp³-hybridized carbons (Fsp3) is 0.746. The van der Waals surface area contributed by atoms with Gasteiger partial charge in [-0.2, -0.15) is 0 Å². The normalized spacial score (nSPS) is 23.8. The third-order valence-electron chi connectivity index (χ3n) is 15.6. The number of carbonyl (C=O) groups excluding carboxylic acids is 7. The summed E-state index contributed by atoms with van der Waals surface area (Å²) in [5.41, 5.74) is -0.834. The van der Waals surface area contributed by atoms with E-state index in [9.17, 15) is 38.7 Å². The first-order valence-electron chi connectivity index (χ1n) is 28.7. The molecule has 7 amide bonds. The van der Waals surface area contributed by atoms with Gasteiger partial charge in [-0.1, -0.05) is 97.4 Å². The number of hydrogen-bond acceptors (Lipinski definition) is 14. The number of epoxide rings is 2. The Kier molecular flexibility index (Phi) is 26.3. The number of nitrogens with one attached hydrogen (secondary N) is 7. The number of methoxy groups -OCH3 is 1. The number of aliphatic hydroxyl groups is 1. The van der Waals surface area contributed by atoms with Crippen LogP contribution in [0.15, 0.2) is 42.0 Å². The molecule has 0 aromatic heterocycles. The fourth-order valence-corrected chi connectivity index (χ4v) is 11.0. The number of hydrogen-bond donors (Lipinski definition) is 8. The molecule has 1 spiro atoms. The number of aliphatic hydroxyl groups excluding tert-OH is 1. The van der Waals surface area contributed by atoms with Crippen molar-refractivity contribution in [3.8, 4) is 0 Å². The van der Waals surface area contributed by atoms with Crippen molar-refractivity contribution in [3.05, 3.63) is 47.5 Å². The molecule has 8 N–H and O–H groups in total. The third-order valence-corrected chi connectivity index (χ3v) is 15.6. The van der Waals surface area contributed by atoms with E-state index in [1.807, 2.05) is 54.5 Å². The second-order valence-corrected chi connectivity index (χ2v) is 24.2. The maximum Gasteiger partial charge on any atom is 0.407 e. The highest BCUT2D eigenvalue weighted by Gasteiger charge is 2.72. The fourth-order valence-electron chi connectivity index (χ4n) is 11.0. The molecule has 2 aliphatic heterocycles. The highest BCUT2D eigenvalue weighted by atomic mass is 16.6. The van der Waals surface area contributed by atoms with Crippen LogP contribution in [0, 0.1) is 34.5 Å². The molecule has 4 rings (SSSR count). The third kappa shape index (κ3) is 20.7. The van der Waals surface area contributed by atoms with Gasteiger partial charge in [0.1, 0.15) is 35.5 Å². The molecular weight excluding hydrogens is 1030 g/mol. The number of rotatable bonds is 35. The van der Waals surface area contributed by atoms with Gasteiger partial charge in [-0.3, -0.25) is 28.8 Å². The minimum Gasteiger partial charge on any atom is -0.443 e. The Bertz CT molecular complexity index is 2220. The van der Waals surface area contributed by atoms with Crippen molar-refractivity contribution >= 4 is 41.5 Å². The van der Waals surface area contributed by atoms with Crippen LogP contribution in [0.1, 0.15) is 127 Å². The lowest BCUT2D eigenvalue weighted by Gasteiger charge is -2.42. The summed E-state index contributed by atoms with van der Waals surface area (Å²) in [5, 5.41) is 29.0. The van der Waals surface area contributed by atoms with Crippen LogP contribution in [0.4, 0.5) is 4.79 Å². The molecule has 80 heavy (non-hydrogen) atoms. The molecule has 2 saturated heterocycles. The van der Waals surface area contributed by atoms with E-state index in [2.05, 4.69) is 64.1 Å². The molecule has 1 aliphatic carbocycles. The summed E-state index contributed by atoms with van der Waals surface area (Å²) in [6.45, 7) is 24.1. The smallest absolute Gasteiger partial charge is 0.407 e. The van der Waals surface area contributed by atoms with E-state index in [0.29, 0.717) is 19.4 Å². The number of carbonyl (C=O) groups is 7. The van der Waals surface area contributed by atoms with Crippen LogP contribution in [0.25, 0.3) is 0 Å². The summed E-state index contributed by atoms with van der Waals surface area (Å²) in [6.07, 6.45) is 3.21. The van der Waals surface area contributed by atoms with Gasteiger partial charge < -0.3 is 70.7 Å². The number of ether oxygens (including phenoxy) is 6. The highest BCUT2D eigenvalue weighted by molar-refractivity contribution is 5.95. The summed E-state index contributed by atoms with van der Waals surface area (Å²) in [6, 6.07) is 6.85. The standard InChI is InChI=1S/C59H97N7O14/c1-37(2)19-20-46-58(12,80-46)50-49(75-13)45(21-22-59(50)36-78-59)79-55(74)61-24-26-77-28-27-76-25-23-60-47(68)33-62-51(70)43(29-38(3)4)66-52(71)44(30-42-17-15-14-16-18-42)65-48(69)34-64-54(73)57(11,40(7)8)35-56(10,31-39(5)6)53(72)63-32-41(9)67/h14-19,38-41,43-46,49-50,67H,20-36H2,1-13H3,(H,60,68)(H,61,74)(H,62,70)(H,63,72)(H,64,73)(H,65,69)(H,66,71)/t41?,43-,44+,45?,46+,49?,50?,56?,57?,58+,59-/m0/s1. The molecule has 1 aromatic rings. The SMILES string of the molecule is COC1C(OC(=O)NCCOCCOCCNC(=O)CNC(=O)[C@H](CC(C)C)NC(=O)[C@@H](Cc2ccccc2)NC(=O)CNC(=O)C(C)(CC(C)(CC(C)C)C(=O)NCC(C)O)C(C)C)CC[C@]2(CO2)C1[C@]1(C)O[C@@H]1CC=C(C)C. The van der Waals surface area contributed by atoms with Crippen molar-refractivity contribution in [1.29, 1.82) is 0 Å². The van der Waals surface area contributed by atoms with Crippen molar-refractivity contribution in [3.63, 3.8) is 0 Å². The van der Waals surface area contributed by atoms with Gasteiger partial charge in [0, 0.05) is 44.0 Å². The molecule has 6 unspecified atom stereocenters. The topological polar surface area (TPSA) is 286 Å². The first kappa shape index (κ1) is 67.3. The molecule has 21 nitrogen and oxygen atoms in total. The summed E-state index contributed by atoms with van der Waals surface area (Å²) in [4.78, 5) is 94.4. The van der Waals surface area contributed by atoms with Gasteiger partial charge in [-0.15, -0.1) is 0 Å². The van der Waals surface area contributed by atoms with Crippen LogP contribution < -0.4 is 37.2 Å². The van der Waals surface area contributed by atoms with E-state index < -0.39 is 82.9 Å². The first-order chi connectivity index (χ1) is 37.7. The van der Waals surface area contributed by atoms with Gasteiger partial charge in [0.15, 0.2) is 0 Å². The molecule has 11 atom stereocenters. The monoisotopic (exact) mass is 1130 g/mol. The predicted octanol–water partition coefficient (Wildman–Crippen LogP) is 4.03. The maximum atomic E-state index is 14.0. The average Bonchev–Trinajstić information content (AvgIpc) is 3.94. The number of amides is 7. The number of alkyl carbamates (subject to hydrolysis) is 1. The minimum absolute atomic E-state index is 0.0405. The Morgan fingerprint density at radius 2 is 1.43 bits per heavy atom. The molecule has 2 heterocycles. The van der Waals surface area contributed by atoms with Gasteiger partial charge in [0.25, 0.3) is 0 Å². The van der Waals surface area contributed by atoms with E-state index >= 15 is 0 Å². The summed E-state index contributed by atoms with van der Waals surface area (Å²) in [7, 11) is 1.63. The lowest BCUT2D eigenvalue weighted by molar-refractivity contribution is -0.142. The van der Waals surface area contributed by atoms with Crippen LogP contribution in [0.2, 0.25) is 0 Å². The number of allylic oxidation sites excluding steroid dienone is 1. The lowest BCUT2D eigenvalue weighted by Crippen LogP contribution is -2.56. The molecule has 1 saturated carbocycles. The van der Waals surface area contributed by atoms with Gasteiger partial charge in [0.05, 0.1) is 64.2 Å². The zero-order chi connectivity index (χ0) is 59.4. The summed E-state index contributed by atoms with van der Waals surface area (Å²) in [5.74, 6) is -3.26. The molecule has 1 aromatic carbocycles. The van der Waals surface area contributed by atoms with E-state index in [4.69, 9.17) is 28.4 Å². The molecule has 3 fully saturated rings. The average molecular weight is 1130 g/mol. The van der Waals surface area contributed by atoms with Crippen LogP contribution >= 0.6 is 0 Å². The molecule has 3 aliphatic rings. The van der Waals surface area contributed by atoms with Gasteiger partial charge in [-0.25, -0.2) is 4.79 Å². The molecule has 0 radical (unpaired) electrons. The van der Waals surface area contributed by atoms with E-state index in [1.54, 1.807) is 45.2 Å². The second-order valence-electron chi connectivity index (χ2n) is 24.2. The Balaban J connectivity index is 1.18. The van der Waals surface area contributed by atoms with E-state index in [1.165, 1.54) is 5.57 Å². The van der Waals surface area contributed by atoms with Crippen molar-refractivity contribution in [2.45, 2.75) is 176 Å². The van der Waals surface area contributed by atoms with Crippen molar-refractivity contribution in [2.75, 3.05) is 72.9 Å².